The number of benzene rings is 2. The molecule has 2 heterocycles. The van der Waals surface area contributed by atoms with E-state index in [0.29, 0.717) is 18.4 Å². The molecule has 2 aromatic rings. The van der Waals surface area contributed by atoms with Crippen molar-refractivity contribution in [2.24, 2.45) is 0 Å². The topological polar surface area (TPSA) is 26.8 Å². The Morgan fingerprint density at radius 2 is 1.59 bits per heavy atom. The van der Waals surface area contributed by atoms with Crippen LogP contribution in [-0.4, -0.2) is 61.5 Å². The van der Waals surface area contributed by atoms with Crippen molar-refractivity contribution >= 4 is 11.6 Å². The normalized spacial score (nSPS) is 21.3. The van der Waals surface area contributed by atoms with Crippen molar-refractivity contribution in [3.05, 3.63) is 66.2 Å². The number of likely N-dealkylation sites (tertiary alicyclic amines) is 1. The zero-order valence-electron chi connectivity index (χ0n) is 16.0. The molecule has 4 heteroatoms. The van der Waals surface area contributed by atoms with Gasteiger partial charge >= 0.3 is 0 Å². The van der Waals surface area contributed by atoms with Crippen molar-refractivity contribution in [3.63, 3.8) is 0 Å². The van der Waals surface area contributed by atoms with Crippen LogP contribution in [0.5, 0.6) is 0 Å². The fourth-order valence-electron chi connectivity index (χ4n) is 4.33. The molecule has 2 aliphatic rings. The highest BCUT2D eigenvalue weighted by atomic mass is 16.2. The molecule has 27 heavy (non-hydrogen) atoms. The lowest BCUT2D eigenvalue weighted by molar-refractivity contribution is -0.131. The lowest BCUT2D eigenvalue weighted by Crippen LogP contribution is -2.41. The number of nitrogens with zero attached hydrogens (tertiary/aromatic N) is 3. The molecule has 0 radical (unpaired) electrons. The monoisotopic (exact) mass is 363 g/mol. The second kappa shape index (κ2) is 8.57. The first kappa shape index (κ1) is 18.1. The van der Waals surface area contributed by atoms with Gasteiger partial charge in [-0.25, -0.2) is 0 Å². The summed E-state index contributed by atoms with van der Waals surface area (Å²) in [4.78, 5) is 19.7. The van der Waals surface area contributed by atoms with Gasteiger partial charge in [-0.2, -0.15) is 0 Å². The maximum Gasteiger partial charge on any atom is 0.236 e. The Kier molecular flexibility index (Phi) is 5.73. The first-order chi connectivity index (χ1) is 13.3. The van der Waals surface area contributed by atoms with Gasteiger partial charge in [-0.3, -0.25) is 9.69 Å². The largest absolute Gasteiger partial charge is 0.370 e. The molecule has 2 aliphatic heterocycles. The van der Waals surface area contributed by atoms with Gasteiger partial charge in [0.2, 0.25) is 5.91 Å². The highest BCUT2D eigenvalue weighted by Gasteiger charge is 2.27. The van der Waals surface area contributed by atoms with E-state index in [2.05, 4.69) is 75.4 Å². The summed E-state index contributed by atoms with van der Waals surface area (Å²) < 4.78 is 0. The lowest BCUT2D eigenvalue weighted by atomic mass is 9.99. The van der Waals surface area contributed by atoms with Gasteiger partial charge in [0.05, 0.1) is 6.54 Å². The van der Waals surface area contributed by atoms with E-state index >= 15 is 0 Å². The molecule has 0 aromatic heterocycles. The summed E-state index contributed by atoms with van der Waals surface area (Å²) in [5.41, 5.74) is 2.66. The van der Waals surface area contributed by atoms with Crippen LogP contribution in [0.3, 0.4) is 0 Å². The number of anilines is 1. The van der Waals surface area contributed by atoms with Crippen LogP contribution in [0.4, 0.5) is 5.69 Å². The highest BCUT2D eigenvalue weighted by molar-refractivity contribution is 5.78. The third-order valence-electron chi connectivity index (χ3n) is 5.87. The molecule has 0 spiro atoms. The minimum absolute atomic E-state index is 0.290. The van der Waals surface area contributed by atoms with Crippen LogP contribution in [0.25, 0.3) is 0 Å². The van der Waals surface area contributed by atoms with Crippen molar-refractivity contribution < 1.29 is 4.79 Å². The number of hydrogen-bond donors (Lipinski definition) is 0. The predicted octanol–water partition coefficient (Wildman–Crippen LogP) is 3.21. The maximum absolute atomic E-state index is 12.9. The van der Waals surface area contributed by atoms with Crippen LogP contribution in [0.2, 0.25) is 0 Å². The minimum Gasteiger partial charge on any atom is -0.370 e. The predicted molar refractivity (Wildman–Crippen MR) is 110 cm³/mol. The van der Waals surface area contributed by atoms with Gasteiger partial charge < -0.3 is 9.80 Å². The average Bonchev–Trinajstić information content (AvgIpc) is 3.04. The zero-order valence-corrected chi connectivity index (χ0v) is 16.0. The number of rotatable bonds is 4. The Morgan fingerprint density at radius 3 is 2.37 bits per heavy atom. The second-order valence-corrected chi connectivity index (χ2v) is 7.69. The first-order valence-corrected chi connectivity index (χ1v) is 10.1. The van der Waals surface area contributed by atoms with Gasteiger partial charge in [-0.05, 0) is 43.0 Å². The zero-order chi connectivity index (χ0) is 18.5. The third-order valence-corrected chi connectivity index (χ3v) is 5.87. The molecular formula is C23H29N3O. The van der Waals surface area contributed by atoms with E-state index in [1.807, 2.05) is 0 Å². The molecule has 0 bridgehead atoms. The molecule has 142 valence electrons. The number of hydrogen-bond acceptors (Lipinski definition) is 3. The van der Waals surface area contributed by atoms with Crippen LogP contribution in [0.15, 0.2) is 60.7 Å². The van der Waals surface area contributed by atoms with Crippen LogP contribution >= 0.6 is 0 Å². The Labute approximate surface area is 162 Å². The summed E-state index contributed by atoms with van der Waals surface area (Å²) in [7, 11) is 0. The molecule has 0 saturated carbocycles. The summed E-state index contributed by atoms with van der Waals surface area (Å²) in [6, 6.07) is 21.2. The minimum atomic E-state index is 0.290. The van der Waals surface area contributed by atoms with Crippen molar-refractivity contribution in [1.82, 2.24) is 9.80 Å². The maximum atomic E-state index is 12.9. The summed E-state index contributed by atoms with van der Waals surface area (Å²) >= 11 is 0. The molecular weight excluding hydrogens is 334 g/mol. The van der Waals surface area contributed by atoms with Crippen molar-refractivity contribution in [3.8, 4) is 0 Å². The molecule has 4 rings (SSSR count). The Morgan fingerprint density at radius 1 is 0.852 bits per heavy atom. The standard InChI is InChI=1S/C23H29N3O/c27-23(19-24-15-12-21(18-24)20-8-3-1-4-9-20)26-14-7-13-25(16-17-26)22-10-5-2-6-11-22/h1-6,8-11,21H,7,12-19H2/t21-/m1/s1. The second-order valence-electron chi connectivity index (χ2n) is 7.69. The Bertz CT molecular complexity index is 734. The molecule has 0 unspecified atom stereocenters. The molecule has 1 atom stereocenters. The van der Waals surface area contributed by atoms with Gasteiger partial charge in [-0.15, -0.1) is 0 Å². The Balaban J connectivity index is 1.29. The molecule has 4 nitrogen and oxygen atoms in total. The van der Waals surface area contributed by atoms with E-state index < -0.39 is 0 Å². The Hall–Kier alpha value is -2.33. The van der Waals surface area contributed by atoms with Crippen LogP contribution in [-0.2, 0) is 4.79 Å². The quantitative estimate of drug-likeness (QED) is 0.835. The van der Waals surface area contributed by atoms with Crippen LogP contribution in [0, 0.1) is 0 Å². The third kappa shape index (κ3) is 4.51. The summed E-state index contributed by atoms with van der Waals surface area (Å²) in [5.74, 6) is 0.857. The molecule has 2 fully saturated rings. The highest BCUT2D eigenvalue weighted by Crippen LogP contribution is 2.26. The fraction of sp³-hybridized carbons (Fsp3) is 0.435. The van der Waals surface area contributed by atoms with Gasteiger partial charge in [0.25, 0.3) is 0 Å². The fourth-order valence-corrected chi connectivity index (χ4v) is 4.33. The van der Waals surface area contributed by atoms with Crippen LogP contribution in [0.1, 0.15) is 24.3 Å². The molecule has 1 amide bonds. The van der Waals surface area contributed by atoms with E-state index in [9.17, 15) is 4.79 Å². The van der Waals surface area contributed by atoms with Crippen molar-refractivity contribution in [2.45, 2.75) is 18.8 Å². The molecule has 0 N–H and O–H groups in total. The summed E-state index contributed by atoms with van der Waals surface area (Å²) in [5, 5.41) is 0. The number of amides is 1. The van der Waals surface area contributed by atoms with Gasteiger partial charge in [0, 0.05) is 38.4 Å². The average molecular weight is 364 g/mol. The molecule has 2 saturated heterocycles. The number of carbonyl (C=O) groups is 1. The molecule has 0 aliphatic carbocycles. The van der Waals surface area contributed by atoms with E-state index in [-0.39, 0.29) is 0 Å². The SMILES string of the molecule is O=C(CN1CC[C@@H](c2ccccc2)C1)N1CCCN(c2ccccc2)CC1. The van der Waals surface area contributed by atoms with Gasteiger partial charge in [-0.1, -0.05) is 48.5 Å². The van der Waals surface area contributed by atoms with Gasteiger partial charge in [0.15, 0.2) is 0 Å². The van der Waals surface area contributed by atoms with Crippen molar-refractivity contribution in [2.75, 3.05) is 50.7 Å². The lowest BCUT2D eigenvalue weighted by Gasteiger charge is -2.25. The van der Waals surface area contributed by atoms with Crippen LogP contribution < -0.4 is 4.90 Å². The summed E-state index contributed by atoms with van der Waals surface area (Å²) in [6.07, 6.45) is 2.19. The number of para-hydroxylation sites is 1. The van der Waals surface area contributed by atoms with E-state index in [4.69, 9.17) is 0 Å². The number of carbonyl (C=O) groups excluding carboxylic acids is 1. The van der Waals surface area contributed by atoms with E-state index in [0.717, 1.165) is 52.1 Å². The summed E-state index contributed by atoms with van der Waals surface area (Å²) in [6.45, 7) is 6.22. The van der Waals surface area contributed by atoms with Crippen molar-refractivity contribution in [1.29, 1.82) is 0 Å². The smallest absolute Gasteiger partial charge is 0.236 e. The van der Waals surface area contributed by atoms with Gasteiger partial charge in [0.1, 0.15) is 0 Å². The molecule has 2 aromatic carbocycles. The first-order valence-electron chi connectivity index (χ1n) is 10.1. The van der Waals surface area contributed by atoms with E-state index in [1.54, 1.807) is 0 Å². The van der Waals surface area contributed by atoms with E-state index in [1.165, 1.54) is 11.3 Å².